The molecule has 27 heavy (non-hydrogen) atoms. The van der Waals surface area contributed by atoms with E-state index < -0.39 is 0 Å². The van der Waals surface area contributed by atoms with Gasteiger partial charge in [0.2, 0.25) is 0 Å². The Labute approximate surface area is 158 Å². The number of H-pyrrole nitrogens is 1. The molecule has 0 fully saturated rings. The summed E-state index contributed by atoms with van der Waals surface area (Å²) >= 11 is 0. The second kappa shape index (κ2) is 7.62. The topological polar surface area (TPSA) is 48.1 Å². The molecule has 2 N–H and O–H groups in total. The zero-order valence-electron chi connectivity index (χ0n) is 14.7. The molecule has 0 saturated heterocycles. The lowest BCUT2D eigenvalue weighted by atomic mass is 10.1. The van der Waals surface area contributed by atoms with Gasteiger partial charge < -0.3 is 10.3 Å². The predicted octanol–water partition coefficient (Wildman–Crippen LogP) is 5.74. The summed E-state index contributed by atoms with van der Waals surface area (Å²) in [5.41, 5.74) is 3.21. The number of benzene rings is 3. The molecule has 4 rings (SSSR count). The Balaban J connectivity index is 1.63. The lowest BCUT2D eigenvalue weighted by molar-refractivity contribution is 0.0999. The van der Waals surface area contributed by atoms with Crippen LogP contribution in [-0.2, 0) is 0 Å². The summed E-state index contributed by atoms with van der Waals surface area (Å²) < 4.78 is 0. The first kappa shape index (κ1) is 16.7. The number of rotatable bonds is 5. The summed E-state index contributed by atoms with van der Waals surface area (Å²) in [4.78, 5) is 18.1. The highest BCUT2D eigenvalue weighted by Gasteiger charge is 2.19. The molecule has 1 heterocycles. The van der Waals surface area contributed by atoms with Crippen LogP contribution in [0.2, 0.25) is 0 Å². The van der Waals surface area contributed by atoms with Gasteiger partial charge in [0, 0.05) is 28.8 Å². The lowest BCUT2D eigenvalue weighted by Gasteiger charge is -2.23. The normalized spacial score (nSPS) is 10.4. The summed E-state index contributed by atoms with van der Waals surface area (Å²) in [6, 6.07) is 30.7. The van der Waals surface area contributed by atoms with Crippen molar-refractivity contribution in [3.63, 3.8) is 0 Å². The van der Waals surface area contributed by atoms with E-state index in [2.05, 4.69) is 10.3 Å². The third kappa shape index (κ3) is 3.75. The highest BCUT2D eigenvalue weighted by Crippen LogP contribution is 2.27. The molecule has 1 amide bonds. The van der Waals surface area contributed by atoms with Crippen molar-refractivity contribution < 1.29 is 4.79 Å². The molecule has 4 aromatic rings. The number of amides is 1. The van der Waals surface area contributed by atoms with Crippen molar-refractivity contribution in [1.29, 1.82) is 0 Å². The van der Waals surface area contributed by atoms with Crippen molar-refractivity contribution in [1.82, 2.24) is 4.98 Å². The highest BCUT2D eigenvalue weighted by atomic mass is 16.2. The van der Waals surface area contributed by atoms with Gasteiger partial charge >= 0.3 is 0 Å². The molecule has 132 valence electrons. The van der Waals surface area contributed by atoms with Crippen LogP contribution < -0.4 is 10.2 Å². The Morgan fingerprint density at radius 1 is 0.704 bits per heavy atom. The number of para-hydroxylation sites is 2. The van der Waals surface area contributed by atoms with Crippen molar-refractivity contribution in [2.24, 2.45) is 0 Å². The van der Waals surface area contributed by atoms with Gasteiger partial charge in [-0.05, 0) is 60.7 Å². The number of aromatic amines is 1. The molecule has 0 aliphatic heterocycles. The number of anilines is 4. The summed E-state index contributed by atoms with van der Waals surface area (Å²) in [5.74, 6) is 0.836. The van der Waals surface area contributed by atoms with Crippen LogP contribution in [0.15, 0.2) is 103 Å². The number of nitrogens with one attached hydrogen (secondary N) is 2. The predicted molar refractivity (Wildman–Crippen MR) is 110 cm³/mol. The standard InChI is InChI=1S/C23H19N3O/c27-23(18-13-15-19(16-14-18)25-22-12-7-17-24-22)26(20-8-3-1-4-9-20)21-10-5-2-6-11-21/h1-17,24-25H. The fourth-order valence-corrected chi connectivity index (χ4v) is 2.93. The maximum atomic E-state index is 13.3. The van der Waals surface area contributed by atoms with Crippen LogP contribution in [0.3, 0.4) is 0 Å². The number of hydrogen-bond donors (Lipinski definition) is 2. The van der Waals surface area contributed by atoms with Crippen molar-refractivity contribution >= 4 is 28.8 Å². The number of carbonyl (C=O) groups is 1. The third-order valence-corrected chi connectivity index (χ3v) is 4.24. The smallest absolute Gasteiger partial charge is 0.262 e. The maximum Gasteiger partial charge on any atom is 0.262 e. The van der Waals surface area contributed by atoms with Crippen LogP contribution in [0.4, 0.5) is 22.9 Å². The molecule has 3 aromatic carbocycles. The van der Waals surface area contributed by atoms with Crippen molar-refractivity contribution in [3.8, 4) is 0 Å². The van der Waals surface area contributed by atoms with Gasteiger partial charge in [-0.1, -0.05) is 36.4 Å². The van der Waals surface area contributed by atoms with Crippen LogP contribution in [0.1, 0.15) is 10.4 Å². The van der Waals surface area contributed by atoms with Crippen molar-refractivity contribution in [2.75, 3.05) is 10.2 Å². The first-order valence-electron chi connectivity index (χ1n) is 8.76. The van der Waals surface area contributed by atoms with Gasteiger partial charge in [0.05, 0.1) is 0 Å². The minimum atomic E-state index is -0.0705. The van der Waals surface area contributed by atoms with Crippen LogP contribution in [0.5, 0.6) is 0 Å². The lowest BCUT2D eigenvalue weighted by Crippen LogP contribution is -2.25. The SMILES string of the molecule is O=C(c1ccc(Nc2ccc[nH]2)cc1)N(c1ccccc1)c1ccccc1. The second-order valence-electron chi connectivity index (χ2n) is 6.10. The molecule has 0 radical (unpaired) electrons. The van der Waals surface area contributed by atoms with E-state index in [-0.39, 0.29) is 5.91 Å². The molecular weight excluding hydrogens is 334 g/mol. The Morgan fingerprint density at radius 3 is 1.81 bits per heavy atom. The summed E-state index contributed by atoms with van der Waals surface area (Å²) in [6.45, 7) is 0. The van der Waals surface area contributed by atoms with Crippen LogP contribution >= 0.6 is 0 Å². The molecular formula is C23H19N3O. The molecule has 4 heteroatoms. The highest BCUT2D eigenvalue weighted by molar-refractivity contribution is 6.11. The van der Waals surface area contributed by atoms with E-state index in [1.807, 2.05) is 103 Å². The van der Waals surface area contributed by atoms with Gasteiger partial charge in [0.15, 0.2) is 0 Å². The van der Waals surface area contributed by atoms with Gasteiger partial charge in [0.25, 0.3) is 5.91 Å². The quantitative estimate of drug-likeness (QED) is 0.481. The molecule has 4 nitrogen and oxygen atoms in total. The first-order chi connectivity index (χ1) is 13.3. The number of carbonyl (C=O) groups excluding carboxylic acids is 1. The fraction of sp³-hybridized carbons (Fsp3) is 0. The van der Waals surface area contributed by atoms with E-state index in [0.29, 0.717) is 5.56 Å². The zero-order valence-corrected chi connectivity index (χ0v) is 14.7. The van der Waals surface area contributed by atoms with E-state index in [0.717, 1.165) is 22.9 Å². The summed E-state index contributed by atoms with van der Waals surface area (Å²) in [6.07, 6.45) is 1.86. The van der Waals surface area contributed by atoms with E-state index in [4.69, 9.17) is 0 Å². The molecule has 0 bridgehead atoms. The van der Waals surface area contributed by atoms with Crippen LogP contribution in [-0.4, -0.2) is 10.9 Å². The Hall–Kier alpha value is -3.79. The number of nitrogens with zero attached hydrogens (tertiary/aromatic N) is 1. The minimum Gasteiger partial charge on any atom is -0.348 e. The number of aromatic nitrogens is 1. The molecule has 0 spiro atoms. The Kier molecular flexibility index (Phi) is 4.70. The van der Waals surface area contributed by atoms with Gasteiger partial charge in [-0.15, -0.1) is 0 Å². The summed E-state index contributed by atoms with van der Waals surface area (Å²) in [5, 5.41) is 3.26. The average molecular weight is 353 g/mol. The largest absolute Gasteiger partial charge is 0.348 e. The molecule has 0 aliphatic carbocycles. The molecule has 1 aromatic heterocycles. The zero-order chi connectivity index (χ0) is 18.5. The van der Waals surface area contributed by atoms with E-state index in [9.17, 15) is 4.79 Å². The molecule has 0 atom stereocenters. The monoisotopic (exact) mass is 353 g/mol. The van der Waals surface area contributed by atoms with Crippen LogP contribution in [0, 0.1) is 0 Å². The van der Waals surface area contributed by atoms with E-state index in [1.54, 1.807) is 4.90 Å². The number of hydrogen-bond acceptors (Lipinski definition) is 2. The Morgan fingerprint density at radius 2 is 1.30 bits per heavy atom. The maximum absolute atomic E-state index is 13.3. The van der Waals surface area contributed by atoms with Crippen molar-refractivity contribution in [2.45, 2.75) is 0 Å². The second-order valence-corrected chi connectivity index (χ2v) is 6.10. The molecule has 0 saturated carbocycles. The fourth-order valence-electron chi connectivity index (χ4n) is 2.93. The minimum absolute atomic E-state index is 0.0705. The van der Waals surface area contributed by atoms with Gasteiger partial charge in [-0.2, -0.15) is 0 Å². The van der Waals surface area contributed by atoms with Crippen LogP contribution in [0.25, 0.3) is 0 Å². The third-order valence-electron chi connectivity index (χ3n) is 4.24. The van der Waals surface area contributed by atoms with E-state index >= 15 is 0 Å². The van der Waals surface area contributed by atoms with Gasteiger partial charge in [-0.3, -0.25) is 9.69 Å². The van der Waals surface area contributed by atoms with E-state index in [1.165, 1.54) is 0 Å². The first-order valence-corrected chi connectivity index (χ1v) is 8.76. The Bertz CT molecular complexity index is 955. The van der Waals surface area contributed by atoms with Gasteiger partial charge in [-0.25, -0.2) is 0 Å². The molecule has 0 aliphatic rings. The van der Waals surface area contributed by atoms with Gasteiger partial charge in [0.1, 0.15) is 5.82 Å². The summed E-state index contributed by atoms with van der Waals surface area (Å²) in [7, 11) is 0. The molecule has 0 unspecified atom stereocenters. The van der Waals surface area contributed by atoms with Crippen molar-refractivity contribution in [3.05, 3.63) is 109 Å². The average Bonchev–Trinajstić information content (AvgIpc) is 3.23.